The van der Waals surface area contributed by atoms with E-state index in [2.05, 4.69) is 0 Å². The third-order valence-electron chi connectivity index (χ3n) is 23.4. The van der Waals surface area contributed by atoms with Crippen molar-refractivity contribution >= 4 is 73.5 Å². The Kier molecular flexibility index (Phi) is 22.6. The third kappa shape index (κ3) is 16.4. The molecular formula is C76H103F2N7O16S. The molecule has 102 heavy (non-hydrogen) atoms. The van der Waals surface area contributed by atoms with Gasteiger partial charge in [-0.2, -0.15) is 0 Å². The van der Waals surface area contributed by atoms with Crippen LogP contribution in [0.1, 0.15) is 202 Å². The Morgan fingerprint density at radius 3 is 1.47 bits per heavy atom. The van der Waals surface area contributed by atoms with Gasteiger partial charge in [-0.3, -0.25) is 33.5 Å². The molecule has 14 atom stereocenters. The summed E-state index contributed by atoms with van der Waals surface area (Å²) < 4.78 is 91.9. The van der Waals surface area contributed by atoms with Crippen molar-refractivity contribution in [2.45, 2.75) is 251 Å². The van der Waals surface area contributed by atoms with Gasteiger partial charge in [0.25, 0.3) is 0 Å². The number of nitrogens with one attached hydrogen (secondary N) is 1. The van der Waals surface area contributed by atoms with Crippen LogP contribution < -0.4 is 23.7 Å². The number of methoxy groups -OCH3 is 2. The van der Waals surface area contributed by atoms with Crippen LogP contribution in [0.4, 0.5) is 8.78 Å². The Morgan fingerprint density at radius 1 is 0.618 bits per heavy atom. The number of hydrogen-bond acceptors (Lipinski definition) is 19. The van der Waals surface area contributed by atoms with E-state index in [1.807, 2.05) is 64.5 Å². The van der Waals surface area contributed by atoms with Gasteiger partial charge in [0.1, 0.15) is 53.3 Å². The molecule has 2 saturated heterocycles. The van der Waals surface area contributed by atoms with Gasteiger partial charge in [-0.1, -0.05) is 81.1 Å². The molecule has 12 rings (SSSR count). The maximum atomic E-state index is 15.0. The highest BCUT2D eigenvalue weighted by molar-refractivity contribution is 7.91. The Hall–Kier alpha value is -7.38. The van der Waals surface area contributed by atoms with Gasteiger partial charge in [0.15, 0.2) is 5.78 Å². The highest BCUT2D eigenvalue weighted by atomic mass is 32.2. The molecule has 4 aromatic rings. The minimum absolute atomic E-state index is 0.0700. The van der Waals surface area contributed by atoms with Gasteiger partial charge in [-0.15, -0.1) is 0 Å². The van der Waals surface area contributed by atoms with Crippen LogP contribution in [0.3, 0.4) is 0 Å². The molecule has 2 aromatic carbocycles. The number of fused-ring (bicyclic) bond motifs is 10. The van der Waals surface area contributed by atoms with Gasteiger partial charge in [-0.05, 0) is 150 Å². The second kappa shape index (κ2) is 30.4. The number of hydrogen-bond donors (Lipinski definition) is 2. The lowest BCUT2D eigenvalue weighted by Gasteiger charge is -2.35. The monoisotopic (exact) mass is 1440 g/mol. The molecule has 0 unspecified atom stereocenters. The number of sulfonamides is 1. The van der Waals surface area contributed by atoms with Crippen molar-refractivity contribution < 1.29 is 84.3 Å². The van der Waals surface area contributed by atoms with Crippen molar-refractivity contribution in [3.63, 3.8) is 0 Å². The van der Waals surface area contributed by atoms with E-state index in [-0.39, 0.29) is 68.2 Å². The number of aryl methyl sites for hydroxylation is 2. The number of aliphatic carboxylic acids is 1. The van der Waals surface area contributed by atoms with Crippen LogP contribution in [-0.4, -0.2) is 160 Å². The van der Waals surface area contributed by atoms with E-state index in [0.29, 0.717) is 71.2 Å². The lowest BCUT2D eigenvalue weighted by molar-refractivity contribution is -0.159. The number of carbonyl (C=O) groups excluding carboxylic acids is 6. The van der Waals surface area contributed by atoms with Gasteiger partial charge >= 0.3 is 17.9 Å². The fraction of sp³-hybridized carbons (Fsp3) is 0.697. The first-order valence-electron chi connectivity index (χ1n) is 36.9. The molecule has 0 radical (unpaired) electrons. The summed E-state index contributed by atoms with van der Waals surface area (Å²) in [5.41, 5.74) is 0.500. The van der Waals surface area contributed by atoms with Gasteiger partial charge in [0.05, 0.1) is 90.3 Å². The first-order valence-corrected chi connectivity index (χ1v) is 38.3. The molecule has 23 nitrogen and oxygen atoms in total. The Labute approximate surface area is 596 Å². The largest absolute Gasteiger partial charge is 0.497 e. The lowest BCUT2D eigenvalue weighted by Crippen LogP contribution is -2.50. The average Bonchev–Trinajstić information content (AvgIpc) is 1.56. The SMILES string of the molecule is COc1ccc2nc3c(nc2c1)O[C@H]1CN(C(=O)[C@H](C(C)(C)C)CC(=O)O[C@@H]2CCC[C@H]2CCCCC3)[C@H](C(=O)C[C@]2(C(=O)NS(=O)(=O)C3(C)CC3)C[C@H]2C(F)F)[C@@H]1C.COc1ccc2nc3c(nc2c1)O[C@H]1CN(C(=O)[C@H](C(C)(C)C)CC(=O)O[C@@H]2CCC[C@H]2CCCCC3)[C@H](C(=O)O)[C@@H]1C. The van der Waals surface area contributed by atoms with Gasteiger partial charge < -0.3 is 43.3 Å². The van der Waals surface area contributed by atoms with E-state index in [1.54, 1.807) is 46.3 Å². The van der Waals surface area contributed by atoms with E-state index in [1.165, 1.54) is 16.7 Å². The summed E-state index contributed by atoms with van der Waals surface area (Å²) >= 11 is 0. The number of Topliss-reactive ketones (excluding diaryl/α,β-unsaturated/α-hetero) is 1. The molecule has 3 amide bonds. The number of benzene rings is 2. The Balaban J connectivity index is 0.000000215. The summed E-state index contributed by atoms with van der Waals surface area (Å²) in [4.78, 5) is 119. The zero-order chi connectivity index (χ0) is 73.5. The summed E-state index contributed by atoms with van der Waals surface area (Å²) in [6, 6.07) is 8.53. The molecular weight excluding hydrogens is 1340 g/mol. The van der Waals surface area contributed by atoms with Crippen LogP contribution in [0.2, 0.25) is 0 Å². The standard InChI is InChI=1S/C43H58F2N4O9S.C33H45N3O7/c1-24-34-23-49(36(24)32(50)22-43(21-28(43)37(44)45)40(53)48-59(54,55)42(5)17-18-42)39(52)27(41(2,3)4)20-35(51)57-33-14-10-12-25(33)11-8-7-9-13-30-38(58-34)47-31-19-26(56-6)15-16-29(31)46-30;1-19-27-18-36(29(19)32(39)40)31(38)22(33(2,3)4)17-28(37)42-26-13-9-11-20(26)10-7-6-8-12-24-30(43-27)35-25-16-21(41-5)14-15-23(25)34-24/h15-16,19,24-25,27-28,33-34,36-37H,7-14,17-18,20-23H2,1-6H3,(H,48,53);14-16,19-20,22,26-27,29H,6-13,17-18H2,1-5H3,(H,39,40)/t24-,25-,27-,28+,33-,34+,36+,43-;19-,20-,22-,26-,27+,29+/m11/s1. The van der Waals surface area contributed by atoms with Crippen LogP contribution in [-0.2, 0) is 65.9 Å². The molecule has 4 aliphatic heterocycles. The number of ketones is 1. The van der Waals surface area contributed by atoms with E-state index in [0.717, 1.165) is 101 Å². The van der Waals surface area contributed by atoms with Crippen molar-refractivity contribution in [3.8, 4) is 23.3 Å². The van der Waals surface area contributed by atoms with Crippen molar-refractivity contribution in [3.05, 3.63) is 47.8 Å². The molecule has 0 spiro atoms. The molecule has 558 valence electrons. The molecule has 26 heteroatoms. The zero-order valence-electron chi connectivity index (χ0n) is 60.9. The normalized spacial score (nSPS) is 30.4. The number of amides is 3. The number of carboxylic acid groups (broad SMARTS) is 1. The predicted octanol–water partition coefficient (Wildman–Crippen LogP) is 11.5. The van der Waals surface area contributed by atoms with E-state index in [9.17, 15) is 55.9 Å². The van der Waals surface area contributed by atoms with Gasteiger partial charge in [-0.25, -0.2) is 41.9 Å². The van der Waals surface area contributed by atoms with Gasteiger partial charge in [0.2, 0.25) is 45.9 Å². The van der Waals surface area contributed by atoms with Crippen LogP contribution in [0, 0.1) is 57.7 Å². The van der Waals surface area contributed by atoms with E-state index in [4.69, 9.17) is 48.4 Å². The fourth-order valence-electron chi connectivity index (χ4n) is 16.5. The average molecular weight is 1440 g/mol. The van der Waals surface area contributed by atoms with Crippen molar-refractivity contribution in [2.24, 2.45) is 57.7 Å². The predicted molar refractivity (Wildman–Crippen MR) is 373 cm³/mol. The molecule has 4 saturated carbocycles. The van der Waals surface area contributed by atoms with Crippen LogP contribution in [0.15, 0.2) is 36.4 Å². The van der Waals surface area contributed by atoms with Crippen molar-refractivity contribution in [1.82, 2.24) is 34.5 Å². The summed E-state index contributed by atoms with van der Waals surface area (Å²) in [6.07, 6.45) is 8.55. The number of esters is 2. The Morgan fingerprint density at radius 2 is 1.06 bits per heavy atom. The van der Waals surface area contributed by atoms with Crippen molar-refractivity contribution in [1.29, 1.82) is 0 Å². The smallest absolute Gasteiger partial charge is 0.326 e. The number of halogens is 2. The quantitative estimate of drug-likeness (QED) is 0.139. The number of alkyl halides is 2. The summed E-state index contributed by atoms with van der Waals surface area (Å²) in [5.74, 6) is -6.79. The second-order valence-corrected chi connectivity index (χ2v) is 34.8. The number of aromatic nitrogens is 4. The highest BCUT2D eigenvalue weighted by Gasteiger charge is 2.67. The Bertz CT molecular complexity index is 3940. The number of rotatable bonds is 10. The zero-order valence-corrected chi connectivity index (χ0v) is 61.8. The highest BCUT2D eigenvalue weighted by Crippen LogP contribution is 2.60. The molecule has 6 fully saturated rings. The minimum Gasteiger partial charge on any atom is -0.497 e. The molecule has 2 N–H and O–H groups in total. The number of carboxylic acids is 1. The maximum Gasteiger partial charge on any atom is 0.326 e. The summed E-state index contributed by atoms with van der Waals surface area (Å²) in [5, 5.41) is 10.3. The van der Waals surface area contributed by atoms with Crippen LogP contribution in [0.5, 0.6) is 23.3 Å². The van der Waals surface area contributed by atoms with Crippen LogP contribution >= 0.6 is 0 Å². The fourth-order valence-corrected chi connectivity index (χ4v) is 17.8. The summed E-state index contributed by atoms with van der Waals surface area (Å²) in [6.45, 7) is 16.2. The van der Waals surface area contributed by atoms with Crippen LogP contribution in [0.25, 0.3) is 22.1 Å². The first-order chi connectivity index (χ1) is 48.2. The number of ether oxygens (including phenoxy) is 6. The lowest BCUT2D eigenvalue weighted by atomic mass is 9.77. The summed E-state index contributed by atoms with van der Waals surface area (Å²) in [7, 11) is -1.05. The minimum atomic E-state index is -4.19. The second-order valence-electron chi connectivity index (χ2n) is 32.6. The number of carbonyl (C=O) groups is 7. The topological polar surface area (TPSA) is 299 Å². The molecule has 2 aromatic heterocycles. The molecule has 8 aliphatic rings. The van der Waals surface area contributed by atoms with Gasteiger partial charge in [0, 0.05) is 36.3 Å². The van der Waals surface area contributed by atoms with E-state index >= 15 is 0 Å². The van der Waals surface area contributed by atoms with E-state index < -0.39 is 127 Å². The number of nitrogens with zero attached hydrogens (tertiary/aromatic N) is 6. The maximum absolute atomic E-state index is 15.0. The van der Waals surface area contributed by atoms with Crippen molar-refractivity contribution in [2.75, 3.05) is 27.3 Å². The molecule has 6 heterocycles. The third-order valence-corrected chi connectivity index (χ3v) is 25.6. The molecule has 4 aliphatic carbocycles. The molecule has 4 bridgehead atoms. The first kappa shape index (κ1) is 75.8.